The van der Waals surface area contributed by atoms with E-state index in [9.17, 15) is 5.11 Å². The summed E-state index contributed by atoms with van der Waals surface area (Å²) in [5.41, 5.74) is 0. The van der Waals surface area contributed by atoms with Crippen molar-refractivity contribution in [1.82, 2.24) is 14.8 Å². The lowest BCUT2D eigenvalue weighted by Crippen LogP contribution is -2.29. The van der Waals surface area contributed by atoms with Gasteiger partial charge in [-0.15, -0.1) is 0 Å². The molecule has 0 aliphatic carbocycles. The Labute approximate surface area is 89.1 Å². The fraction of sp³-hybridized carbons (Fsp3) is 0.800. The van der Waals surface area contributed by atoms with Crippen molar-refractivity contribution in [3.05, 3.63) is 12.2 Å². The molecule has 1 saturated heterocycles. The van der Waals surface area contributed by atoms with Gasteiger partial charge in [-0.25, -0.2) is 4.98 Å². The van der Waals surface area contributed by atoms with Crippen LogP contribution in [-0.4, -0.2) is 38.2 Å². The highest BCUT2D eigenvalue weighted by Gasteiger charge is 2.29. The van der Waals surface area contributed by atoms with Crippen molar-refractivity contribution in [2.75, 3.05) is 0 Å². The first-order chi connectivity index (χ1) is 7.16. The van der Waals surface area contributed by atoms with E-state index in [1.54, 1.807) is 4.68 Å². The van der Waals surface area contributed by atoms with Crippen molar-refractivity contribution >= 4 is 0 Å². The molecule has 0 spiro atoms. The number of aliphatic hydroxyl groups excluding tert-OH is 1. The minimum atomic E-state index is -0.474. The van der Waals surface area contributed by atoms with Crippen molar-refractivity contribution < 1.29 is 9.84 Å². The maximum absolute atomic E-state index is 9.96. The molecule has 1 fully saturated rings. The van der Waals surface area contributed by atoms with Gasteiger partial charge in [0, 0.05) is 13.5 Å². The smallest absolute Gasteiger partial charge is 0.138 e. The first-order valence-electron chi connectivity index (χ1n) is 5.33. The number of aryl methyl sites for hydroxylation is 1. The zero-order chi connectivity index (χ0) is 10.8. The topological polar surface area (TPSA) is 60.2 Å². The van der Waals surface area contributed by atoms with E-state index in [0.717, 1.165) is 18.7 Å². The van der Waals surface area contributed by atoms with Crippen LogP contribution in [0, 0.1) is 0 Å². The van der Waals surface area contributed by atoms with Crippen LogP contribution in [0.15, 0.2) is 6.33 Å². The molecule has 2 rings (SSSR count). The summed E-state index contributed by atoms with van der Waals surface area (Å²) in [6.07, 6.45) is 3.72. The van der Waals surface area contributed by atoms with Crippen LogP contribution in [0.25, 0.3) is 0 Å². The third-order valence-corrected chi connectivity index (χ3v) is 2.89. The highest BCUT2D eigenvalue weighted by atomic mass is 16.5. The lowest BCUT2D eigenvalue weighted by atomic mass is 10.1. The van der Waals surface area contributed by atoms with Gasteiger partial charge in [0.1, 0.15) is 12.2 Å². The average Bonchev–Trinajstić information content (AvgIpc) is 2.77. The molecule has 0 saturated carbocycles. The molecule has 1 aliphatic heterocycles. The second-order valence-electron chi connectivity index (χ2n) is 4.13. The first kappa shape index (κ1) is 10.6. The molecule has 0 radical (unpaired) electrons. The van der Waals surface area contributed by atoms with Crippen molar-refractivity contribution in [3.8, 4) is 0 Å². The van der Waals surface area contributed by atoms with Crippen LogP contribution in [-0.2, 0) is 18.2 Å². The largest absolute Gasteiger partial charge is 0.390 e. The molecule has 1 aliphatic rings. The summed E-state index contributed by atoms with van der Waals surface area (Å²) in [5, 5.41) is 13.9. The lowest BCUT2D eigenvalue weighted by Gasteiger charge is -2.17. The van der Waals surface area contributed by atoms with Crippen molar-refractivity contribution in [3.63, 3.8) is 0 Å². The van der Waals surface area contributed by atoms with Gasteiger partial charge in [0.25, 0.3) is 0 Å². The summed E-state index contributed by atoms with van der Waals surface area (Å²) in [6.45, 7) is 2.04. The third kappa shape index (κ3) is 2.35. The Bertz CT molecular complexity index is 326. The fourth-order valence-electron chi connectivity index (χ4n) is 1.94. The summed E-state index contributed by atoms with van der Waals surface area (Å²) >= 11 is 0. The number of hydrogen-bond donors (Lipinski definition) is 1. The van der Waals surface area contributed by atoms with Crippen molar-refractivity contribution in [2.24, 2.45) is 7.05 Å². The van der Waals surface area contributed by atoms with E-state index in [2.05, 4.69) is 10.1 Å². The highest BCUT2D eigenvalue weighted by Crippen LogP contribution is 2.22. The maximum Gasteiger partial charge on any atom is 0.138 e. The molecular weight excluding hydrogens is 194 g/mol. The third-order valence-electron chi connectivity index (χ3n) is 2.89. The standard InChI is InChI=1S/C10H17N3O2/c1-7-3-4-9(15-7)8(14)5-10-11-6-12-13(10)2/h6-9,14H,3-5H2,1-2H3. The van der Waals surface area contributed by atoms with Crippen LogP contribution < -0.4 is 0 Å². The highest BCUT2D eigenvalue weighted by molar-refractivity contribution is 4.90. The summed E-state index contributed by atoms with van der Waals surface area (Å²) < 4.78 is 7.29. The number of aliphatic hydroxyl groups is 1. The Kier molecular flexibility index (Phi) is 3.02. The van der Waals surface area contributed by atoms with E-state index in [-0.39, 0.29) is 12.2 Å². The van der Waals surface area contributed by atoms with Crippen molar-refractivity contribution in [2.45, 2.75) is 44.5 Å². The molecule has 0 bridgehead atoms. The first-order valence-corrected chi connectivity index (χ1v) is 5.33. The average molecular weight is 211 g/mol. The normalized spacial score (nSPS) is 28.2. The fourth-order valence-corrected chi connectivity index (χ4v) is 1.94. The molecule has 3 unspecified atom stereocenters. The van der Waals surface area contributed by atoms with Gasteiger partial charge in [0.2, 0.25) is 0 Å². The Morgan fingerprint density at radius 1 is 1.67 bits per heavy atom. The Balaban J connectivity index is 1.92. The maximum atomic E-state index is 9.96. The van der Waals surface area contributed by atoms with E-state index in [1.165, 1.54) is 6.33 Å². The molecule has 5 heteroatoms. The number of nitrogens with zero attached hydrogens (tertiary/aromatic N) is 3. The monoisotopic (exact) mass is 211 g/mol. The SMILES string of the molecule is CC1CCC(C(O)Cc2ncnn2C)O1. The van der Waals surface area contributed by atoms with E-state index in [1.807, 2.05) is 14.0 Å². The Morgan fingerprint density at radius 2 is 2.47 bits per heavy atom. The Hall–Kier alpha value is -0.940. The van der Waals surface area contributed by atoms with E-state index in [0.29, 0.717) is 6.42 Å². The van der Waals surface area contributed by atoms with Crippen LogP contribution in [0.4, 0.5) is 0 Å². The summed E-state index contributed by atoms with van der Waals surface area (Å²) in [6, 6.07) is 0. The Morgan fingerprint density at radius 3 is 3.00 bits per heavy atom. The lowest BCUT2D eigenvalue weighted by molar-refractivity contribution is -0.0288. The minimum absolute atomic E-state index is 0.0447. The van der Waals surface area contributed by atoms with Crippen molar-refractivity contribution in [1.29, 1.82) is 0 Å². The number of hydrogen-bond acceptors (Lipinski definition) is 4. The molecular formula is C10H17N3O2. The zero-order valence-electron chi connectivity index (χ0n) is 9.13. The molecule has 1 aromatic rings. The van der Waals surface area contributed by atoms with Gasteiger partial charge in [-0.3, -0.25) is 4.68 Å². The van der Waals surface area contributed by atoms with Gasteiger partial charge in [-0.05, 0) is 19.8 Å². The molecule has 2 heterocycles. The second-order valence-corrected chi connectivity index (χ2v) is 4.13. The van der Waals surface area contributed by atoms with Crippen LogP contribution >= 0.6 is 0 Å². The van der Waals surface area contributed by atoms with Gasteiger partial charge < -0.3 is 9.84 Å². The number of rotatable bonds is 3. The van der Waals surface area contributed by atoms with Gasteiger partial charge in [0.15, 0.2) is 0 Å². The van der Waals surface area contributed by atoms with Crippen LogP contribution in [0.1, 0.15) is 25.6 Å². The zero-order valence-corrected chi connectivity index (χ0v) is 9.13. The summed E-state index contributed by atoms with van der Waals surface area (Å²) in [4.78, 5) is 4.08. The molecule has 0 aromatic carbocycles. The second kappa shape index (κ2) is 4.28. The van der Waals surface area contributed by atoms with Gasteiger partial charge in [0.05, 0.1) is 18.3 Å². The number of aromatic nitrogens is 3. The van der Waals surface area contributed by atoms with Crippen LogP contribution in [0.5, 0.6) is 0 Å². The predicted octanol–water partition coefficient (Wildman–Crippen LogP) is 0.286. The van der Waals surface area contributed by atoms with Gasteiger partial charge in [-0.1, -0.05) is 0 Å². The molecule has 1 N–H and O–H groups in total. The quantitative estimate of drug-likeness (QED) is 0.780. The molecule has 0 amide bonds. The van der Waals surface area contributed by atoms with E-state index in [4.69, 9.17) is 4.74 Å². The molecule has 3 atom stereocenters. The van der Waals surface area contributed by atoms with Crippen LogP contribution in [0.3, 0.4) is 0 Å². The molecule has 5 nitrogen and oxygen atoms in total. The van der Waals surface area contributed by atoms with Gasteiger partial charge in [-0.2, -0.15) is 5.10 Å². The predicted molar refractivity (Wildman–Crippen MR) is 54.3 cm³/mol. The molecule has 1 aromatic heterocycles. The van der Waals surface area contributed by atoms with Crippen LogP contribution in [0.2, 0.25) is 0 Å². The minimum Gasteiger partial charge on any atom is -0.390 e. The van der Waals surface area contributed by atoms with Gasteiger partial charge >= 0.3 is 0 Å². The van der Waals surface area contributed by atoms with E-state index < -0.39 is 6.10 Å². The number of ether oxygens (including phenoxy) is 1. The summed E-state index contributed by atoms with van der Waals surface area (Å²) in [7, 11) is 1.83. The summed E-state index contributed by atoms with van der Waals surface area (Å²) in [5.74, 6) is 0.797. The molecule has 15 heavy (non-hydrogen) atoms. The molecule has 84 valence electrons. The van der Waals surface area contributed by atoms with E-state index >= 15 is 0 Å².